The average Bonchev–Trinajstić information content (AvgIpc) is 2.42. The number of hydrogen-bond donors (Lipinski definition) is 1. The van der Waals surface area contributed by atoms with E-state index >= 15 is 0 Å². The zero-order chi connectivity index (χ0) is 12.1. The molecule has 1 aromatic carbocycles. The Balaban J connectivity index is 2.27. The van der Waals surface area contributed by atoms with Crippen LogP contribution in [0.3, 0.4) is 0 Å². The van der Waals surface area contributed by atoms with Crippen molar-refractivity contribution in [1.82, 2.24) is 0 Å². The fourth-order valence-corrected chi connectivity index (χ4v) is 2.00. The highest BCUT2D eigenvalue weighted by Crippen LogP contribution is 2.25. The minimum Gasteiger partial charge on any atom is -0.404 e. The lowest BCUT2D eigenvalue weighted by atomic mass is 9.95. The molecular formula is C16H17N. The van der Waals surface area contributed by atoms with Crippen molar-refractivity contribution in [3.8, 4) is 0 Å². The number of benzene rings is 1. The molecule has 1 heteroatoms. The zero-order valence-electron chi connectivity index (χ0n) is 9.89. The van der Waals surface area contributed by atoms with Crippen molar-refractivity contribution < 1.29 is 0 Å². The van der Waals surface area contributed by atoms with Crippen LogP contribution in [0.4, 0.5) is 0 Å². The number of rotatable bonds is 3. The zero-order valence-corrected chi connectivity index (χ0v) is 9.89. The van der Waals surface area contributed by atoms with Crippen LogP contribution in [0, 0.1) is 0 Å². The Morgan fingerprint density at radius 2 is 2.00 bits per heavy atom. The van der Waals surface area contributed by atoms with Gasteiger partial charge in [0.05, 0.1) is 0 Å². The summed E-state index contributed by atoms with van der Waals surface area (Å²) in [6.07, 6.45) is 12.1. The van der Waals surface area contributed by atoms with Crippen molar-refractivity contribution in [3.05, 3.63) is 72.5 Å². The predicted octanol–water partition coefficient (Wildman–Crippen LogP) is 3.91. The number of allylic oxidation sites excluding steroid dienone is 6. The highest BCUT2D eigenvalue weighted by molar-refractivity contribution is 5.75. The molecule has 0 bridgehead atoms. The summed E-state index contributed by atoms with van der Waals surface area (Å²) in [6, 6.07) is 8.48. The summed E-state index contributed by atoms with van der Waals surface area (Å²) in [7, 11) is 0. The second-order valence-electron chi connectivity index (χ2n) is 4.06. The fourth-order valence-electron chi connectivity index (χ4n) is 2.00. The van der Waals surface area contributed by atoms with E-state index in [-0.39, 0.29) is 0 Å². The van der Waals surface area contributed by atoms with E-state index < -0.39 is 0 Å². The van der Waals surface area contributed by atoms with E-state index in [0.717, 1.165) is 24.0 Å². The minimum absolute atomic E-state index is 0.967. The summed E-state index contributed by atoms with van der Waals surface area (Å²) in [5.41, 5.74) is 10.3. The van der Waals surface area contributed by atoms with Crippen molar-refractivity contribution in [1.29, 1.82) is 0 Å². The van der Waals surface area contributed by atoms with Gasteiger partial charge in [0.1, 0.15) is 0 Å². The van der Waals surface area contributed by atoms with Crippen LogP contribution in [0.2, 0.25) is 0 Å². The van der Waals surface area contributed by atoms with Gasteiger partial charge in [-0.25, -0.2) is 0 Å². The molecule has 1 aliphatic rings. The van der Waals surface area contributed by atoms with Gasteiger partial charge in [-0.2, -0.15) is 0 Å². The molecule has 2 N–H and O–H groups in total. The van der Waals surface area contributed by atoms with E-state index in [1.807, 2.05) is 0 Å². The van der Waals surface area contributed by atoms with Crippen LogP contribution in [0.25, 0.3) is 11.1 Å². The van der Waals surface area contributed by atoms with E-state index in [1.54, 1.807) is 12.3 Å². The molecule has 86 valence electrons. The number of hydrogen-bond acceptors (Lipinski definition) is 1. The molecule has 0 aliphatic heterocycles. The third-order valence-electron chi connectivity index (χ3n) is 3.00. The first-order chi connectivity index (χ1) is 8.35. The first-order valence-corrected chi connectivity index (χ1v) is 5.86. The predicted molar refractivity (Wildman–Crippen MR) is 75.2 cm³/mol. The summed E-state index contributed by atoms with van der Waals surface area (Å²) in [5, 5.41) is 0. The maximum absolute atomic E-state index is 5.54. The van der Waals surface area contributed by atoms with Gasteiger partial charge in [0.25, 0.3) is 0 Å². The standard InChI is InChI=1S/C16H17N/c1-2-13(12-17)15-8-10-16(11-9-15)14-6-4-3-5-7-14/h2-4,6,8-12H,1,5,7,17H2/b13-12+. The molecule has 1 aromatic rings. The van der Waals surface area contributed by atoms with Crippen LogP contribution in [0.5, 0.6) is 0 Å². The molecule has 17 heavy (non-hydrogen) atoms. The quantitative estimate of drug-likeness (QED) is 0.772. The lowest BCUT2D eigenvalue weighted by Gasteiger charge is -2.10. The van der Waals surface area contributed by atoms with Gasteiger partial charge in [0, 0.05) is 6.20 Å². The second kappa shape index (κ2) is 5.35. The highest BCUT2D eigenvalue weighted by Gasteiger charge is 2.03. The Morgan fingerprint density at radius 3 is 2.53 bits per heavy atom. The third-order valence-corrected chi connectivity index (χ3v) is 3.00. The normalized spacial score (nSPS) is 15.5. The van der Waals surface area contributed by atoms with Crippen molar-refractivity contribution in [3.63, 3.8) is 0 Å². The Labute approximate surface area is 103 Å². The maximum Gasteiger partial charge on any atom is 0.00173 e. The summed E-state index contributed by atoms with van der Waals surface area (Å²) in [5.74, 6) is 0. The fraction of sp³-hybridized carbons (Fsp3) is 0.125. The summed E-state index contributed by atoms with van der Waals surface area (Å²) in [4.78, 5) is 0. The molecule has 1 nitrogen and oxygen atoms in total. The van der Waals surface area contributed by atoms with Crippen LogP contribution in [-0.2, 0) is 0 Å². The van der Waals surface area contributed by atoms with Gasteiger partial charge >= 0.3 is 0 Å². The highest BCUT2D eigenvalue weighted by atomic mass is 14.5. The smallest absolute Gasteiger partial charge is 0.00173 e. The molecule has 0 heterocycles. The Kier molecular flexibility index (Phi) is 3.61. The lowest BCUT2D eigenvalue weighted by molar-refractivity contribution is 1.05. The van der Waals surface area contributed by atoms with Crippen molar-refractivity contribution in [2.45, 2.75) is 12.8 Å². The Morgan fingerprint density at radius 1 is 1.24 bits per heavy atom. The molecule has 0 spiro atoms. The van der Waals surface area contributed by atoms with Gasteiger partial charge in [0.15, 0.2) is 0 Å². The molecule has 0 fully saturated rings. The van der Waals surface area contributed by atoms with Crippen molar-refractivity contribution >= 4 is 11.1 Å². The van der Waals surface area contributed by atoms with Gasteiger partial charge in [-0.15, -0.1) is 0 Å². The third kappa shape index (κ3) is 2.56. The first-order valence-electron chi connectivity index (χ1n) is 5.86. The molecule has 0 amide bonds. The molecule has 0 saturated heterocycles. The molecule has 0 unspecified atom stereocenters. The molecule has 0 radical (unpaired) electrons. The van der Waals surface area contributed by atoms with Gasteiger partial charge < -0.3 is 5.73 Å². The van der Waals surface area contributed by atoms with Gasteiger partial charge in [-0.1, -0.05) is 55.1 Å². The largest absolute Gasteiger partial charge is 0.404 e. The first kappa shape index (κ1) is 11.5. The van der Waals surface area contributed by atoms with Crippen LogP contribution < -0.4 is 5.73 Å². The topological polar surface area (TPSA) is 26.0 Å². The minimum atomic E-state index is 0.967. The molecule has 0 saturated carbocycles. The van der Waals surface area contributed by atoms with E-state index in [9.17, 15) is 0 Å². The molecular weight excluding hydrogens is 206 g/mol. The summed E-state index contributed by atoms with van der Waals surface area (Å²) in [6.45, 7) is 3.75. The molecule has 1 aliphatic carbocycles. The van der Waals surface area contributed by atoms with Crippen molar-refractivity contribution in [2.24, 2.45) is 5.73 Å². The van der Waals surface area contributed by atoms with E-state index in [0.29, 0.717) is 0 Å². The summed E-state index contributed by atoms with van der Waals surface area (Å²) >= 11 is 0. The van der Waals surface area contributed by atoms with Gasteiger partial charge in [-0.05, 0) is 35.1 Å². The molecule has 0 atom stereocenters. The van der Waals surface area contributed by atoms with E-state index in [1.165, 1.54) is 11.1 Å². The monoisotopic (exact) mass is 223 g/mol. The maximum atomic E-state index is 5.54. The molecule has 2 rings (SSSR count). The van der Waals surface area contributed by atoms with Crippen molar-refractivity contribution in [2.75, 3.05) is 0 Å². The SMILES string of the molecule is C=C/C(=C\N)c1ccc(C2=CC=CCC2)cc1. The Bertz CT molecular complexity index is 487. The van der Waals surface area contributed by atoms with Crippen LogP contribution in [0.1, 0.15) is 24.0 Å². The van der Waals surface area contributed by atoms with E-state index in [4.69, 9.17) is 5.73 Å². The van der Waals surface area contributed by atoms with Crippen LogP contribution in [0.15, 0.2) is 61.3 Å². The second-order valence-corrected chi connectivity index (χ2v) is 4.06. The molecule has 0 aromatic heterocycles. The van der Waals surface area contributed by atoms with Gasteiger partial charge in [0.2, 0.25) is 0 Å². The van der Waals surface area contributed by atoms with E-state index in [2.05, 4.69) is 49.1 Å². The summed E-state index contributed by atoms with van der Waals surface area (Å²) < 4.78 is 0. The van der Waals surface area contributed by atoms with Crippen LogP contribution in [-0.4, -0.2) is 0 Å². The number of nitrogens with two attached hydrogens (primary N) is 1. The van der Waals surface area contributed by atoms with Crippen LogP contribution >= 0.6 is 0 Å². The average molecular weight is 223 g/mol. The Hall–Kier alpha value is -2.02. The lowest BCUT2D eigenvalue weighted by Crippen LogP contribution is -1.90. The van der Waals surface area contributed by atoms with Gasteiger partial charge in [-0.3, -0.25) is 0 Å².